The zero-order chi connectivity index (χ0) is 14.1. The number of hydrogen-bond donors (Lipinski definition) is 2. The highest BCUT2D eigenvalue weighted by atomic mass is 16.5. The molecule has 0 unspecified atom stereocenters. The third kappa shape index (κ3) is 2.40. The van der Waals surface area contributed by atoms with E-state index in [1.807, 2.05) is 6.07 Å². The SMILES string of the molecule is CC(C)CNC(=O)Nc1c2c(cc3c1OCC3)OCC2. The number of hydrogen-bond acceptors (Lipinski definition) is 3. The normalized spacial score (nSPS) is 15.3. The summed E-state index contributed by atoms with van der Waals surface area (Å²) in [6.45, 7) is 6.12. The van der Waals surface area contributed by atoms with Crippen molar-refractivity contribution in [1.82, 2.24) is 5.32 Å². The van der Waals surface area contributed by atoms with E-state index in [0.29, 0.717) is 25.7 Å². The maximum absolute atomic E-state index is 12.0. The van der Waals surface area contributed by atoms with Crippen LogP contribution in [-0.2, 0) is 12.8 Å². The molecular formula is C15H20N2O3. The van der Waals surface area contributed by atoms with Gasteiger partial charge in [-0.1, -0.05) is 13.8 Å². The number of amides is 2. The molecule has 0 spiro atoms. The van der Waals surface area contributed by atoms with Gasteiger partial charge in [0.1, 0.15) is 11.5 Å². The summed E-state index contributed by atoms with van der Waals surface area (Å²) in [6.07, 6.45) is 1.68. The summed E-state index contributed by atoms with van der Waals surface area (Å²) in [4.78, 5) is 12.0. The summed E-state index contributed by atoms with van der Waals surface area (Å²) in [6, 6.07) is 1.86. The third-order valence-electron chi connectivity index (χ3n) is 3.56. The number of benzene rings is 1. The molecule has 0 saturated heterocycles. The Hall–Kier alpha value is -1.91. The summed E-state index contributed by atoms with van der Waals surface area (Å²) in [5.41, 5.74) is 2.95. The van der Waals surface area contributed by atoms with E-state index in [1.54, 1.807) is 0 Å². The van der Waals surface area contributed by atoms with E-state index in [9.17, 15) is 4.79 Å². The molecule has 108 valence electrons. The minimum Gasteiger partial charge on any atom is -0.493 e. The van der Waals surface area contributed by atoms with Gasteiger partial charge in [0, 0.05) is 30.5 Å². The van der Waals surface area contributed by atoms with Crippen molar-refractivity contribution >= 4 is 11.7 Å². The van der Waals surface area contributed by atoms with E-state index >= 15 is 0 Å². The Morgan fingerprint density at radius 2 is 2.10 bits per heavy atom. The Morgan fingerprint density at radius 1 is 1.30 bits per heavy atom. The minimum atomic E-state index is -0.184. The van der Waals surface area contributed by atoms with Crippen molar-refractivity contribution in [2.24, 2.45) is 5.92 Å². The van der Waals surface area contributed by atoms with Gasteiger partial charge in [0.15, 0.2) is 0 Å². The van der Waals surface area contributed by atoms with Crippen LogP contribution >= 0.6 is 0 Å². The second-order valence-corrected chi connectivity index (χ2v) is 5.64. The molecule has 1 aromatic rings. The van der Waals surface area contributed by atoms with Crippen LogP contribution in [0.25, 0.3) is 0 Å². The molecule has 2 amide bonds. The van der Waals surface area contributed by atoms with E-state index in [4.69, 9.17) is 9.47 Å². The molecule has 2 N–H and O–H groups in total. The summed E-state index contributed by atoms with van der Waals surface area (Å²) >= 11 is 0. The zero-order valence-corrected chi connectivity index (χ0v) is 11.9. The smallest absolute Gasteiger partial charge is 0.319 e. The maximum atomic E-state index is 12.0. The average Bonchev–Trinajstić information content (AvgIpc) is 3.04. The number of ether oxygens (including phenoxy) is 2. The summed E-state index contributed by atoms with van der Waals surface area (Å²) < 4.78 is 11.3. The van der Waals surface area contributed by atoms with Crippen LogP contribution in [-0.4, -0.2) is 25.8 Å². The molecular weight excluding hydrogens is 256 g/mol. The standard InChI is InChI=1S/C15H20N2O3/c1-9(2)8-16-15(18)17-13-11-4-6-19-12(11)7-10-3-5-20-14(10)13/h7,9H,3-6,8H2,1-2H3,(H2,16,17,18). The van der Waals surface area contributed by atoms with Crippen LogP contribution in [0.2, 0.25) is 0 Å². The fourth-order valence-electron chi connectivity index (χ4n) is 2.57. The topological polar surface area (TPSA) is 59.6 Å². The lowest BCUT2D eigenvalue weighted by Gasteiger charge is -2.15. The largest absolute Gasteiger partial charge is 0.493 e. The van der Waals surface area contributed by atoms with Crippen molar-refractivity contribution in [1.29, 1.82) is 0 Å². The first kappa shape index (κ1) is 13.1. The Balaban J connectivity index is 1.84. The number of fused-ring (bicyclic) bond motifs is 2. The Labute approximate surface area is 118 Å². The van der Waals surface area contributed by atoms with Crippen molar-refractivity contribution in [2.75, 3.05) is 25.1 Å². The molecule has 2 aliphatic rings. The van der Waals surface area contributed by atoms with Gasteiger partial charge in [0.05, 0.1) is 18.9 Å². The van der Waals surface area contributed by atoms with Gasteiger partial charge in [0.2, 0.25) is 0 Å². The molecule has 2 heterocycles. The molecule has 0 fully saturated rings. The van der Waals surface area contributed by atoms with Gasteiger partial charge in [-0.3, -0.25) is 0 Å². The third-order valence-corrected chi connectivity index (χ3v) is 3.56. The van der Waals surface area contributed by atoms with Crippen LogP contribution in [0.4, 0.5) is 10.5 Å². The van der Waals surface area contributed by atoms with Gasteiger partial charge in [-0.05, 0) is 12.0 Å². The van der Waals surface area contributed by atoms with Gasteiger partial charge in [-0.15, -0.1) is 0 Å². The fourth-order valence-corrected chi connectivity index (χ4v) is 2.57. The minimum absolute atomic E-state index is 0.184. The predicted octanol–water partition coefficient (Wildman–Crippen LogP) is 2.33. The van der Waals surface area contributed by atoms with Crippen LogP contribution in [0.1, 0.15) is 25.0 Å². The molecule has 5 heteroatoms. The maximum Gasteiger partial charge on any atom is 0.319 e. The monoisotopic (exact) mass is 276 g/mol. The van der Waals surface area contributed by atoms with Gasteiger partial charge in [-0.25, -0.2) is 4.79 Å². The molecule has 20 heavy (non-hydrogen) atoms. The lowest BCUT2D eigenvalue weighted by atomic mass is 10.0. The van der Waals surface area contributed by atoms with Gasteiger partial charge in [0.25, 0.3) is 0 Å². The number of nitrogens with one attached hydrogen (secondary N) is 2. The van der Waals surface area contributed by atoms with Crippen LogP contribution in [0.15, 0.2) is 6.07 Å². The molecule has 0 atom stereocenters. The van der Waals surface area contributed by atoms with E-state index in [0.717, 1.165) is 41.2 Å². The Morgan fingerprint density at radius 3 is 2.90 bits per heavy atom. The summed E-state index contributed by atoms with van der Waals surface area (Å²) in [5.74, 6) is 2.12. The van der Waals surface area contributed by atoms with Gasteiger partial charge < -0.3 is 20.1 Å². The highest BCUT2D eigenvalue weighted by Crippen LogP contribution is 2.44. The van der Waals surface area contributed by atoms with E-state index in [-0.39, 0.29) is 6.03 Å². The van der Waals surface area contributed by atoms with Crippen molar-refractivity contribution < 1.29 is 14.3 Å². The Kier molecular flexibility index (Phi) is 3.42. The number of urea groups is 1. The van der Waals surface area contributed by atoms with E-state index < -0.39 is 0 Å². The first-order valence-electron chi connectivity index (χ1n) is 7.14. The second-order valence-electron chi connectivity index (χ2n) is 5.64. The second kappa shape index (κ2) is 5.23. The highest BCUT2D eigenvalue weighted by molar-refractivity contribution is 5.93. The predicted molar refractivity (Wildman–Crippen MR) is 76.7 cm³/mol. The quantitative estimate of drug-likeness (QED) is 0.890. The molecule has 1 aromatic carbocycles. The molecule has 0 aromatic heterocycles. The number of rotatable bonds is 3. The molecule has 0 bridgehead atoms. The molecule has 0 aliphatic carbocycles. The molecule has 2 aliphatic heterocycles. The number of carbonyl (C=O) groups excluding carboxylic acids is 1. The number of carbonyl (C=O) groups is 1. The van der Waals surface area contributed by atoms with E-state index in [2.05, 4.69) is 24.5 Å². The zero-order valence-electron chi connectivity index (χ0n) is 11.9. The summed E-state index contributed by atoms with van der Waals surface area (Å²) in [7, 11) is 0. The van der Waals surface area contributed by atoms with Crippen molar-refractivity contribution in [3.8, 4) is 11.5 Å². The molecule has 3 rings (SSSR count). The van der Waals surface area contributed by atoms with Crippen molar-refractivity contribution in [3.63, 3.8) is 0 Å². The fraction of sp³-hybridized carbons (Fsp3) is 0.533. The lowest BCUT2D eigenvalue weighted by molar-refractivity contribution is 0.250. The van der Waals surface area contributed by atoms with Crippen LogP contribution in [0.5, 0.6) is 11.5 Å². The average molecular weight is 276 g/mol. The first-order valence-corrected chi connectivity index (χ1v) is 7.14. The van der Waals surface area contributed by atoms with Gasteiger partial charge >= 0.3 is 6.03 Å². The Bertz CT molecular complexity index is 508. The molecule has 5 nitrogen and oxygen atoms in total. The van der Waals surface area contributed by atoms with Crippen LogP contribution in [0, 0.1) is 5.92 Å². The van der Waals surface area contributed by atoms with Crippen molar-refractivity contribution in [3.05, 3.63) is 17.2 Å². The number of anilines is 1. The van der Waals surface area contributed by atoms with Crippen LogP contribution < -0.4 is 20.1 Å². The first-order chi connectivity index (χ1) is 9.65. The highest BCUT2D eigenvalue weighted by Gasteiger charge is 2.27. The van der Waals surface area contributed by atoms with Crippen LogP contribution in [0.3, 0.4) is 0 Å². The van der Waals surface area contributed by atoms with E-state index in [1.165, 1.54) is 0 Å². The molecule has 0 radical (unpaired) electrons. The van der Waals surface area contributed by atoms with Crippen molar-refractivity contribution in [2.45, 2.75) is 26.7 Å². The summed E-state index contributed by atoms with van der Waals surface area (Å²) in [5, 5.41) is 5.81. The lowest BCUT2D eigenvalue weighted by Crippen LogP contribution is -2.32. The molecule has 0 saturated carbocycles. The van der Waals surface area contributed by atoms with Gasteiger partial charge in [-0.2, -0.15) is 0 Å².